The number of hydrogen-bond donors (Lipinski definition) is 1. The Hall–Kier alpha value is -0.910. The number of nitrogens with two attached hydrogens (primary N) is 1. The minimum Gasteiger partial charge on any atom is -0.298 e. The molecule has 1 heterocycles. The fourth-order valence-corrected chi connectivity index (χ4v) is 2.90. The van der Waals surface area contributed by atoms with Gasteiger partial charge in [0.25, 0.3) is 0 Å². The van der Waals surface area contributed by atoms with Crippen LogP contribution in [0.5, 0.6) is 0 Å². The lowest BCUT2D eigenvalue weighted by molar-refractivity contribution is 0.331. The van der Waals surface area contributed by atoms with Crippen molar-refractivity contribution in [2.45, 2.75) is 18.2 Å². The molecule has 2 N–H and O–H groups in total. The van der Waals surface area contributed by atoms with Gasteiger partial charge in [-0.05, 0) is 18.5 Å². The van der Waals surface area contributed by atoms with Crippen LogP contribution in [0.2, 0.25) is 0 Å². The zero-order chi connectivity index (χ0) is 11.6. The van der Waals surface area contributed by atoms with Gasteiger partial charge in [-0.1, -0.05) is 30.3 Å². The van der Waals surface area contributed by atoms with E-state index in [0.29, 0.717) is 13.0 Å². The molecular formula is C11H16N2O2S. The number of hydrogen-bond acceptors (Lipinski definition) is 3. The Labute approximate surface area is 96.1 Å². The Bertz CT molecular complexity index is 444. The average molecular weight is 240 g/mol. The molecule has 1 aromatic carbocycles. The molecule has 1 atom stereocenters. The van der Waals surface area contributed by atoms with E-state index >= 15 is 0 Å². The van der Waals surface area contributed by atoms with Crippen molar-refractivity contribution in [3.63, 3.8) is 0 Å². The van der Waals surface area contributed by atoms with E-state index in [1.54, 1.807) is 0 Å². The fraction of sp³-hybridized carbons (Fsp3) is 0.455. The van der Waals surface area contributed by atoms with Crippen molar-refractivity contribution >= 4 is 10.0 Å². The highest BCUT2D eigenvalue weighted by Gasteiger charge is 2.30. The molecule has 1 aliphatic heterocycles. The summed E-state index contributed by atoms with van der Waals surface area (Å²) < 4.78 is 22.4. The summed E-state index contributed by atoms with van der Waals surface area (Å²) in [7, 11) is -3.37. The quantitative estimate of drug-likeness (QED) is 0.839. The molecule has 0 aromatic heterocycles. The smallest absolute Gasteiger partial charge is 0.213 e. The molecule has 0 bridgehead atoms. The first-order valence-corrected chi connectivity index (χ1v) is 6.94. The predicted molar refractivity (Wildman–Crippen MR) is 63.2 cm³/mol. The fourth-order valence-electron chi connectivity index (χ4n) is 2.05. The number of rotatable bonds is 3. The van der Waals surface area contributed by atoms with Crippen molar-refractivity contribution in [2.75, 3.05) is 13.1 Å². The lowest BCUT2D eigenvalue weighted by Crippen LogP contribution is -2.31. The van der Waals surface area contributed by atoms with Crippen LogP contribution in [0.1, 0.15) is 12.0 Å². The van der Waals surface area contributed by atoms with Crippen LogP contribution >= 0.6 is 0 Å². The molecule has 0 saturated carbocycles. The summed E-state index contributed by atoms with van der Waals surface area (Å²) in [5.74, 6) is 0. The molecule has 0 aliphatic carbocycles. The average Bonchev–Trinajstić information content (AvgIpc) is 2.67. The third-order valence-electron chi connectivity index (χ3n) is 2.94. The molecule has 1 saturated heterocycles. The molecule has 16 heavy (non-hydrogen) atoms. The molecular weight excluding hydrogens is 224 g/mol. The number of nitrogens with zero attached hydrogens (tertiary/aromatic N) is 1. The van der Waals surface area contributed by atoms with Gasteiger partial charge in [0.2, 0.25) is 10.0 Å². The molecule has 1 aliphatic rings. The zero-order valence-corrected chi connectivity index (χ0v) is 9.86. The van der Waals surface area contributed by atoms with Gasteiger partial charge in [-0.2, -0.15) is 0 Å². The molecule has 1 aromatic rings. The van der Waals surface area contributed by atoms with E-state index < -0.39 is 15.3 Å². The predicted octanol–water partition coefficient (Wildman–Crippen LogP) is 0.549. The topological polar surface area (TPSA) is 63.4 Å². The first kappa shape index (κ1) is 11.6. The second-order valence-electron chi connectivity index (χ2n) is 4.22. The van der Waals surface area contributed by atoms with E-state index in [4.69, 9.17) is 5.14 Å². The van der Waals surface area contributed by atoms with E-state index in [1.165, 1.54) is 5.56 Å². The van der Waals surface area contributed by atoms with Crippen LogP contribution in [0.15, 0.2) is 30.3 Å². The number of primary sulfonamides is 1. The lowest BCUT2D eigenvalue weighted by atomic mass is 10.2. The standard InChI is InChI=1S/C11H16N2O2S/c12-16(14,15)11-6-7-13(9-11)8-10-4-2-1-3-5-10/h1-5,11H,6-9H2,(H2,12,14,15)/t11-/m0/s1. The van der Waals surface area contributed by atoms with Crippen molar-refractivity contribution in [3.8, 4) is 0 Å². The molecule has 88 valence electrons. The Morgan fingerprint density at radius 3 is 2.56 bits per heavy atom. The van der Waals surface area contributed by atoms with Gasteiger partial charge in [-0.25, -0.2) is 13.6 Å². The van der Waals surface area contributed by atoms with Crippen molar-refractivity contribution < 1.29 is 8.42 Å². The highest BCUT2D eigenvalue weighted by molar-refractivity contribution is 7.89. The largest absolute Gasteiger partial charge is 0.298 e. The van der Waals surface area contributed by atoms with Gasteiger partial charge < -0.3 is 0 Å². The Morgan fingerprint density at radius 2 is 2.00 bits per heavy atom. The summed E-state index contributed by atoms with van der Waals surface area (Å²) >= 11 is 0. The summed E-state index contributed by atoms with van der Waals surface area (Å²) in [5, 5.41) is 4.75. The van der Waals surface area contributed by atoms with Crippen LogP contribution < -0.4 is 5.14 Å². The summed E-state index contributed by atoms with van der Waals surface area (Å²) in [6.45, 7) is 2.15. The summed E-state index contributed by atoms with van der Waals surface area (Å²) in [6, 6.07) is 10.0. The minimum atomic E-state index is -3.37. The van der Waals surface area contributed by atoms with E-state index in [2.05, 4.69) is 4.90 Å². The first-order valence-electron chi connectivity index (χ1n) is 5.33. The maximum absolute atomic E-state index is 11.2. The van der Waals surface area contributed by atoms with Gasteiger partial charge in [-0.3, -0.25) is 4.90 Å². The maximum atomic E-state index is 11.2. The third kappa shape index (κ3) is 2.81. The number of likely N-dealkylation sites (tertiary alicyclic amines) is 1. The molecule has 0 amide bonds. The van der Waals surface area contributed by atoms with Gasteiger partial charge in [-0.15, -0.1) is 0 Å². The maximum Gasteiger partial charge on any atom is 0.213 e. The minimum absolute atomic E-state index is 0.392. The normalized spacial score (nSPS) is 22.4. The van der Waals surface area contributed by atoms with Gasteiger partial charge in [0.15, 0.2) is 0 Å². The second kappa shape index (κ2) is 4.53. The van der Waals surface area contributed by atoms with E-state index in [1.807, 2.05) is 30.3 Å². The molecule has 5 heteroatoms. The molecule has 2 rings (SSSR count). The highest BCUT2D eigenvalue weighted by Crippen LogP contribution is 2.17. The first-order chi connectivity index (χ1) is 7.55. The Morgan fingerprint density at radius 1 is 1.31 bits per heavy atom. The zero-order valence-electron chi connectivity index (χ0n) is 9.04. The van der Waals surface area contributed by atoms with Crippen LogP contribution in [0, 0.1) is 0 Å². The van der Waals surface area contributed by atoms with Gasteiger partial charge in [0.05, 0.1) is 5.25 Å². The molecule has 0 radical (unpaired) electrons. The third-order valence-corrected chi connectivity index (χ3v) is 4.26. The van der Waals surface area contributed by atoms with Crippen molar-refractivity contribution in [2.24, 2.45) is 5.14 Å². The second-order valence-corrected chi connectivity index (χ2v) is 6.07. The van der Waals surface area contributed by atoms with Crippen LogP contribution in [-0.4, -0.2) is 31.7 Å². The summed E-state index contributed by atoms with van der Waals surface area (Å²) in [6.07, 6.45) is 0.645. The highest BCUT2D eigenvalue weighted by atomic mass is 32.2. The van der Waals surface area contributed by atoms with Crippen LogP contribution in [0.4, 0.5) is 0 Å². The number of sulfonamides is 1. The Balaban J connectivity index is 1.96. The summed E-state index contributed by atoms with van der Waals surface area (Å²) in [4.78, 5) is 2.13. The van der Waals surface area contributed by atoms with E-state index in [9.17, 15) is 8.42 Å². The SMILES string of the molecule is NS(=O)(=O)[C@H]1CCN(Cc2ccccc2)C1. The molecule has 4 nitrogen and oxygen atoms in total. The van der Waals surface area contributed by atoms with Gasteiger partial charge in [0.1, 0.15) is 0 Å². The van der Waals surface area contributed by atoms with Crippen LogP contribution in [0.25, 0.3) is 0 Å². The van der Waals surface area contributed by atoms with Crippen molar-refractivity contribution in [1.82, 2.24) is 4.90 Å². The van der Waals surface area contributed by atoms with Crippen LogP contribution in [0.3, 0.4) is 0 Å². The van der Waals surface area contributed by atoms with Crippen molar-refractivity contribution in [1.29, 1.82) is 0 Å². The van der Waals surface area contributed by atoms with E-state index in [-0.39, 0.29) is 0 Å². The van der Waals surface area contributed by atoms with Crippen LogP contribution in [-0.2, 0) is 16.6 Å². The monoisotopic (exact) mass is 240 g/mol. The lowest BCUT2D eigenvalue weighted by Gasteiger charge is -2.15. The van der Waals surface area contributed by atoms with Gasteiger partial charge in [0, 0.05) is 13.1 Å². The number of benzene rings is 1. The molecule has 1 fully saturated rings. The molecule has 0 unspecified atom stereocenters. The Kier molecular flexibility index (Phi) is 3.28. The van der Waals surface area contributed by atoms with Crippen molar-refractivity contribution in [3.05, 3.63) is 35.9 Å². The summed E-state index contributed by atoms with van der Waals surface area (Å²) in [5.41, 5.74) is 1.21. The van der Waals surface area contributed by atoms with E-state index in [0.717, 1.165) is 13.1 Å². The molecule has 0 spiro atoms. The van der Waals surface area contributed by atoms with Gasteiger partial charge >= 0.3 is 0 Å².